The van der Waals surface area contributed by atoms with Gasteiger partial charge in [-0.2, -0.15) is 0 Å². The van der Waals surface area contributed by atoms with Crippen molar-refractivity contribution in [1.29, 1.82) is 0 Å². The Balaban J connectivity index is 1.98. The molecule has 1 fully saturated rings. The van der Waals surface area contributed by atoms with Gasteiger partial charge in [-0.15, -0.1) is 0 Å². The van der Waals surface area contributed by atoms with Crippen LogP contribution in [-0.4, -0.2) is 36.1 Å². The number of rotatable bonds is 5. The first kappa shape index (κ1) is 15.4. The lowest BCUT2D eigenvalue weighted by atomic mass is 10.1. The Kier molecular flexibility index (Phi) is 5.51. The van der Waals surface area contributed by atoms with Gasteiger partial charge < -0.3 is 4.74 Å². The first-order valence-corrected chi connectivity index (χ1v) is 7.59. The fraction of sp³-hybridized carbons (Fsp3) is 0.571. The highest BCUT2D eigenvalue weighted by Gasteiger charge is 2.19. The summed E-state index contributed by atoms with van der Waals surface area (Å²) in [5.41, 5.74) is 1.04. The molecular formula is C14H19BrN2O3. The molecule has 1 unspecified atom stereocenters. The molecule has 0 radical (unpaired) electrons. The lowest BCUT2D eigenvalue weighted by Gasteiger charge is -2.27. The van der Waals surface area contributed by atoms with E-state index in [-0.39, 0.29) is 16.7 Å². The van der Waals surface area contributed by atoms with Crippen LogP contribution in [0.3, 0.4) is 0 Å². The first-order chi connectivity index (χ1) is 9.58. The van der Waals surface area contributed by atoms with Crippen molar-refractivity contribution in [2.24, 2.45) is 0 Å². The molecule has 110 valence electrons. The molecule has 1 aliphatic rings. The molecule has 0 aromatic heterocycles. The van der Waals surface area contributed by atoms with Gasteiger partial charge in [0, 0.05) is 25.8 Å². The van der Waals surface area contributed by atoms with Gasteiger partial charge in [0.2, 0.25) is 0 Å². The van der Waals surface area contributed by atoms with Crippen LogP contribution in [0, 0.1) is 10.1 Å². The molecule has 1 aromatic rings. The summed E-state index contributed by atoms with van der Waals surface area (Å²) in [7, 11) is 2.02. The van der Waals surface area contributed by atoms with Crippen molar-refractivity contribution in [3.05, 3.63) is 38.3 Å². The number of ether oxygens (including phenoxy) is 1. The Hall–Kier alpha value is -0.980. The third-order valence-electron chi connectivity index (χ3n) is 3.48. The highest BCUT2D eigenvalue weighted by Crippen LogP contribution is 2.29. The van der Waals surface area contributed by atoms with Crippen molar-refractivity contribution in [3.63, 3.8) is 0 Å². The van der Waals surface area contributed by atoms with E-state index in [1.165, 1.54) is 12.5 Å². The molecular weight excluding hydrogens is 324 g/mol. The minimum absolute atomic E-state index is 0.116. The molecule has 2 rings (SSSR count). The number of hydrogen-bond donors (Lipinski definition) is 0. The summed E-state index contributed by atoms with van der Waals surface area (Å²) < 4.78 is 6.29. The molecule has 0 spiro atoms. The zero-order valence-electron chi connectivity index (χ0n) is 11.5. The molecule has 1 aromatic carbocycles. The average molecular weight is 343 g/mol. The molecule has 5 nitrogen and oxygen atoms in total. The van der Waals surface area contributed by atoms with E-state index >= 15 is 0 Å². The van der Waals surface area contributed by atoms with Crippen LogP contribution in [0.4, 0.5) is 5.69 Å². The van der Waals surface area contributed by atoms with Gasteiger partial charge in [0.1, 0.15) is 0 Å². The number of nitro benzene ring substituents is 1. The summed E-state index contributed by atoms with van der Waals surface area (Å²) in [6.07, 6.45) is 3.75. The van der Waals surface area contributed by atoms with Gasteiger partial charge in [0.15, 0.2) is 0 Å². The van der Waals surface area contributed by atoms with Crippen LogP contribution in [0.5, 0.6) is 0 Å². The summed E-state index contributed by atoms with van der Waals surface area (Å²) >= 11 is 3.34. The van der Waals surface area contributed by atoms with Gasteiger partial charge in [-0.3, -0.25) is 15.0 Å². The largest absolute Gasteiger partial charge is 0.377 e. The zero-order valence-corrected chi connectivity index (χ0v) is 13.1. The van der Waals surface area contributed by atoms with E-state index in [0.717, 1.165) is 31.6 Å². The summed E-state index contributed by atoms with van der Waals surface area (Å²) in [5, 5.41) is 10.9. The number of nitrogens with zero attached hydrogens (tertiary/aromatic N) is 2. The van der Waals surface area contributed by atoms with Crippen LogP contribution in [0.25, 0.3) is 0 Å². The van der Waals surface area contributed by atoms with Crippen molar-refractivity contribution in [1.82, 2.24) is 4.90 Å². The quantitative estimate of drug-likeness (QED) is 0.608. The summed E-state index contributed by atoms with van der Waals surface area (Å²) in [6, 6.07) is 5.15. The third-order valence-corrected chi connectivity index (χ3v) is 4.40. The van der Waals surface area contributed by atoms with Gasteiger partial charge in [-0.05, 0) is 47.8 Å². The third kappa shape index (κ3) is 4.01. The van der Waals surface area contributed by atoms with E-state index in [4.69, 9.17) is 4.74 Å². The fourth-order valence-corrected chi connectivity index (χ4v) is 3.02. The Morgan fingerprint density at radius 3 is 2.95 bits per heavy atom. The van der Waals surface area contributed by atoms with Gasteiger partial charge in [0.05, 0.1) is 15.5 Å². The summed E-state index contributed by atoms with van der Waals surface area (Å²) in [5.74, 6) is 0. The lowest BCUT2D eigenvalue weighted by molar-refractivity contribution is -0.385. The smallest absolute Gasteiger partial charge is 0.283 e. The molecule has 0 aliphatic carbocycles. The Morgan fingerprint density at radius 1 is 1.50 bits per heavy atom. The van der Waals surface area contributed by atoms with Crippen molar-refractivity contribution in [3.8, 4) is 0 Å². The lowest BCUT2D eigenvalue weighted by Crippen LogP contribution is -2.33. The predicted molar refractivity (Wildman–Crippen MR) is 80.7 cm³/mol. The monoisotopic (exact) mass is 342 g/mol. The molecule has 1 aliphatic heterocycles. The fourth-order valence-electron chi connectivity index (χ4n) is 2.48. The predicted octanol–water partition coefficient (Wildman–Crippen LogP) is 3.36. The van der Waals surface area contributed by atoms with Gasteiger partial charge in [-0.1, -0.05) is 12.1 Å². The second kappa shape index (κ2) is 7.15. The van der Waals surface area contributed by atoms with E-state index in [0.29, 0.717) is 11.0 Å². The molecule has 0 amide bonds. The minimum atomic E-state index is -0.363. The molecule has 0 saturated carbocycles. The van der Waals surface area contributed by atoms with Gasteiger partial charge in [-0.25, -0.2) is 0 Å². The maximum absolute atomic E-state index is 10.9. The Bertz CT molecular complexity index is 475. The zero-order chi connectivity index (χ0) is 14.5. The average Bonchev–Trinajstić information content (AvgIpc) is 2.42. The van der Waals surface area contributed by atoms with Crippen LogP contribution < -0.4 is 0 Å². The summed E-state index contributed by atoms with van der Waals surface area (Å²) in [4.78, 5) is 12.7. The molecule has 1 heterocycles. The second-order valence-corrected chi connectivity index (χ2v) is 5.99. The van der Waals surface area contributed by atoms with E-state index in [1.807, 2.05) is 13.1 Å². The molecule has 20 heavy (non-hydrogen) atoms. The Morgan fingerprint density at radius 2 is 2.30 bits per heavy atom. The number of likely N-dealkylation sites (N-methyl/N-ethyl adjacent to an activating group) is 1. The molecule has 0 N–H and O–H groups in total. The van der Waals surface area contributed by atoms with E-state index < -0.39 is 0 Å². The highest BCUT2D eigenvalue weighted by molar-refractivity contribution is 9.10. The van der Waals surface area contributed by atoms with Crippen molar-refractivity contribution >= 4 is 21.6 Å². The number of halogens is 1. The van der Waals surface area contributed by atoms with E-state index in [1.54, 1.807) is 6.07 Å². The molecule has 6 heteroatoms. The summed E-state index contributed by atoms with van der Waals surface area (Å²) in [6.45, 7) is 2.37. The second-order valence-electron chi connectivity index (χ2n) is 5.19. The van der Waals surface area contributed by atoms with Crippen LogP contribution >= 0.6 is 15.9 Å². The van der Waals surface area contributed by atoms with Crippen molar-refractivity contribution in [2.45, 2.75) is 31.9 Å². The first-order valence-electron chi connectivity index (χ1n) is 6.80. The van der Waals surface area contributed by atoms with Crippen molar-refractivity contribution < 1.29 is 9.66 Å². The van der Waals surface area contributed by atoms with E-state index in [9.17, 15) is 10.1 Å². The van der Waals surface area contributed by atoms with Gasteiger partial charge in [0.25, 0.3) is 5.69 Å². The highest BCUT2D eigenvalue weighted by atomic mass is 79.9. The van der Waals surface area contributed by atoms with Crippen LogP contribution in [0.1, 0.15) is 24.8 Å². The number of hydrogen-bond acceptors (Lipinski definition) is 4. The molecule has 1 saturated heterocycles. The van der Waals surface area contributed by atoms with Crippen LogP contribution in [-0.2, 0) is 11.3 Å². The van der Waals surface area contributed by atoms with Crippen molar-refractivity contribution in [2.75, 3.05) is 20.2 Å². The number of benzene rings is 1. The standard InChI is InChI=1S/C14H19BrN2O3/c1-16(10-12-6-2-3-8-20-12)9-11-5-4-7-13(14(11)15)17(18)19/h4-5,7,12H,2-3,6,8-10H2,1H3. The Labute approximate surface area is 127 Å². The SMILES string of the molecule is CN(Cc1cccc([N+](=O)[O-])c1Br)CC1CCCCO1. The van der Waals surface area contributed by atoms with Gasteiger partial charge >= 0.3 is 0 Å². The number of nitro groups is 1. The minimum Gasteiger partial charge on any atom is -0.377 e. The van der Waals surface area contributed by atoms with E-state index in [2.05, 4.69) is 20.8 Å². The molecule has 1 atom stereocenters. The van der Waals surface area contributed by atoms with Crippen LogP contribution in [0.15, 0.2) is 22.7 Å². The maximum Gasteiger partial charge on any atom is 0.283 e. The van der Waals surface area contributed by atoms with Crippen LogP contribution in [0.2, 0.25) is 0 Å². The normalized spacial score (nSPS) is 19.2. The molecule has 0 bridgehead atoms. The topological polar surface area (TPSA) is 55.6 Å². The maximum atomic E-state index is 10.9.